The maximum Gasteiger partial charge on any atom is 0.340 e. The van der Waals surface area contributed by atoms with E-state index in [1.54, 1.807) is 38.1 Å². The number of hydrogen-bond donors (Lipinski definition) is 1. The van der Waals surface area contributed by atoms with Gasteiger partial charge < -0.3 is 14.8 Å². The third-order valence-electron chi connectivity index (χ3n) is 4.41. The first-order valence-electron chi connectivity index (χ1n) is 8.96. The van der Waals surface area contributed by atoms with E-state index in [-0.39, 0.29) is 28.6 Å². The number of carbonyl (C=O) groups excluding carboxylic acids is 3. The largest absolute Gasteiger partial charge is 0.495 e. The molecule has 0 spiro atoms. The first kappa shape index (κ1) is 21.7. The van der Waals surface area contributed by atoms with Crippen LogP contribution in [-0.4, -0.2) is 31.5 Å². The number of imide groups is 1. The average Bonchev–Trinajstić information content (AvgIpc) is 2.93. The van der Waals surface area contributed by atoms with E-state index in [9.17, 15) is 14.4 Å². The Morgan fingerprint density at radius 3 is 2.50 bits per heavy atom. The van der Waals surface area contributed by atoms with Gasteiger partial charge in [-0.3, -0.25) is 9.59 Å². The minimum absolute atomic E-state index is 0.0756. The van der Waals surface area contributed by atoms with Gasteiger partial charge >= 0.3 is 5.97 Å². The Labute approximate surface area is 183 Å². The molecule has 9 heteroatoms. The van der Waals surface area contributed by atoms with Gasteiger partial charge in [0.15, 0.2) is 0 Å². The fourth-order valence-corrected chi connectivity index (χ4v) is 3.31. The van der Waals surface area contributed by atoms with Crippen LogP contribution >= 0.6 is 23.2 Å². The number of methoxy groups -OCH3 is 1. The molecule has 30 heavy (non-hydrogen) atoms. The van der Waals surface area contributed by atoms with Crippen LogP contribution in [-0.2, 0) is 14.3 Å². The van der Waals surface area contributed by atoms with Crippen LogP contribution in [0.5, 0.6) is 5.75 Å². The number of anilines is 2. The van der Waals surface area contributed by atoms with Crippen LogP contribution in [0.15, 0.2) is 47.1 Å². The summed E-state index contributed by atoms with van der Waals surface area (Å²) in [6.07, 6.45) is 0. The number of nitrogens with zero attached hydrogens (tertiary/aromatic N) is 1. The van der Waals surface area contributed by atoms with Crippen molar-refractivity contribution in [1.82, 2.24) is 0 Å². The van der Waals surface area contributed by atoms with Gasteiger partial charge in [0.25, 0.3) is 11.8 Å². The number of carbonyl (C=O) groups is 3. The number of para-hydroxylation sites is 1. The van der Waals surface area contributed by atoms with Crippen LogP contribution in [0, 0.1) is 6.92 Å². The first-order chi connectivity index (χ1) is 14.3. The number of rotatable bonds is 6. The van der Waals surface area contributed by atoms with Gasteiger partial charge in [-0.25, -0.2) is 9.69 Å². The molecule has 1 N–H and O–H groups in total. The fourth-order valence-electron chi connectivity index (χ4n) is 2.94. The minimum atomic E-state index is -0.759. The zero-order valence-corrected chi connectivity index (χ0v) is 17.9. The molecule has 2 aromatic carbocycles. The maximum absolute atomic E-state index is 13.1. The van der Waals surface area contributed by atoms with Gasteiger partial charge in [0, 0.05) is 11.1 Å². The van der Waals surface area contributed by atoms with Crippen LogP contribution < -0.4 is 15.0 Å². The number of ether oxygens (including phenoxy) is 2. The predicted octanol–water partition coefficient (Wildman–Crippen LogP) is 4.27. The summed E-state index contributed by atoms with van der Waals surface area (Å²) in [5, 5.41) is 3.04. The zero-order valence-electron chi connectivity index (χ0n) is 16.4. The lowest BCUT2D eigenvalue weighted by Gasteiger charge is -2.18. The molecular formula is C21H18Cl2N2O5. The van der Waals surface area contributed by atoms with Gasteiger partial charge in [-0.15, -0.1) is 0 Å². The van der Waals surface area contributed by atoms with E-state index in [1.165, 1.54) is 19.2 Å². The van der Waals surface area contributed by atoms with Gasteiger partial charge in [-0.2, -0.15) is 0 Å². The van der Waals surface area contributed by atoms with E-state index in [1.807, 2.05) is 0 Å². The molecule has 0 aliphatic carbocycles. The highest BCUT2D eigenvalue weighted by Gasteiger charge is 2.40. The molecule has 1 aliphatic rings. The van der Waals surface area contributed by atoms with Crippen molar-refractivity contribution in [3.63, 3.8) is 0 Å². The van der Waals surface area contributed by atoms with Crippen LogP contribution in [0.3, 0.4) is 0 Å². The Balaban J connectivity index is 2.00. The summed E-state index contributed by atoms with van der Waals surface area (Å²) in [7, 11) is 1.45. The highest BCUT2D eigenvalue weighted by Crippen LogP contribution is 2.36. The lowest BCUT2D eigenvalue weighted by Crippen LogP contribution is -2.33. The summed E-state index contributed by atoms with van der Waals surface area (Å²) in [5.74, 6) is -1.75. The number of hydrogen-bond acceptors (Lipinski definition) is 6. The van der Waals surface area contributed by atoms with Crippen molar-refractivity contribution >= 4 is 52.4 Å². The molecule has 3 rings (SSSR count). The zero-order chi connectivity index (χ0) is 22.0. The molecule has 1 aliphatic heterocycles. The Morgan fingerprint density at radius 1 is 1.13 bits per heavy atom. The molecule has 0 unspecified atom stereocenters. The quantitative estimate of drug-likeness (QED) is 0.524. The lowest BCUT2D eigenvalue weighted by atomic mass is 10.1. The van der Waals surface area contributed by atoms with Crippen molar-refractivity contribution in [2.75, 3.05) is 23.9 Å². The number of nitrogens with one attached hydrogen (secondary N) is 1. The highest BCUT2D eigenvalue weighted by atomic mass is 35.5. The molecule has 0 saturated carbocycles. The molecule has 0 bridgehead atoms. The van der Waals surface area contributed by atoms with E-state index in [2.05, 4.69) is 5.32 Å². The molecule has 0 radical (unpaired) electrons. The second-order valence-electron chi connectivity index (χ2n) is 6.30. The summed E-state index contributed by atoms with van der Waals surface area (Å²) in [5.41, 5.74) is 1.17. The summed E-state index contributed by atoms with van der Waals surface area (Å²) in [4.78, 5) is 39.0. The van der Waals surface area contributed by atoms with Crippen molar-refractivity contribution in [2.24, 2.45) is 0 Å². The summed E-state index contributed by atoms with van der Waals surface area (Å²) in [6, 6.07) is 9.41. The van der Waals surface area contributed by atoms with Crippen molar-refractivity contribution in [1.29, 1.82) is 0 Å². The number of amides is 2. The average molecular weight is 449 g/mol. The molecule has 2 aromatic rings. The maximum atomic E-state index is 13.1. The fraction of sp³-hybridized carbons (Fsp3) is 0.190. The Kier molecular flexibility index (Phi) is 6.34. The Morgan fingerprint density at radius 2 is 1.83 bits per heavy atom. The van der Waals surface area contributed by atoms with Gasteiger partial charge in [-0.1, -0.05) is 35.3 Å². The summed E-state index contributed by atoms with van der Waals surface area (Å²) in [6.45, 7) is 3.59. The number of halogens is 2. The second-order valence-corrected chi connectivity index (χ2v) is 7.08. The number of esters is 1. The number of aryl methyl sites for hydroxylation is 1. The Bertz CT molecular complexity index is 1080. The molecular weight excluding hydrogens is 431 g/mol. The molecule has 0 saturated heterocycles. The molecule has 2 amide bonds. The second kappa shape index (κ2) is 8.77. The normalized spacial score (nSPS) is 13.7. The smallest absolute Gasteiger partial charge is 0.340 e. The minimum Gasteiger partial charge on any atom is -0.495 e. The molecule has 156 valence electrons. The van der Waals surface area contributed by atoms with Crippen LogP contribution in [0.4, 0.5) is 11.4 Å². The van der Waals surface area contributed by atoms with E-state index in [0.717, 1.165) is 10.5 Å². The van der Waals surface area contributed by atoms with E-state index >= 15 is 0 Å². The van der Waals surface area contributed by atoms with Crippen molar-refractivity contribution in [3.8, 4) is 5.75 Å². The third-order valence-corrected chi connectivity index (χ3v) is 5.17. The van der Waals surface area contributed by atoms with Gasteiger partial charge in [-0.05, 0) is 37.6 Å². The third kappa shape index (κ3) is 3.86. The van der Waals surface area contributed by atoms with E-state index < -0.39 is 17.8 Å². The van der Waals surface area contributed by atoms with Gasteiger partial charge in [0.1, 0.15) is 16.5 Å². The topological polar surface area (TPSA) is 84.9 Å². The van der Waals surface area contributed by atoms with Crippen molar-refractivity contribution in [2.45, 2.75) is 13.8 Å². The van der Waals surface area contributed by atoms with E-state index in [0.29, 0.717) is 16.5 Å². The number of benzene rings is 2. The SMILES string of the molecule is CCOC(=O)c1ccccc1N1C(=O)C(Cl)=C(Nc2cc(C)c(Cl)cc2OC)C1=O. The molecule has 0 atom stereocenters. The van der Waals surface area contributed by atoms with Crippen LogP contribution in [0.25, 0.3) is 0 Å². The lowest BCUT2D eigenvalue weighted by molar-refractivity contribution is -0.120. The molecule has 1 heterocycles. The van der Waals surface area contributed by atoms with Crippen LogP contribution in [0.1, 0.15) is 22.8 Å². The van der Waals surface area contributed by atoms with Gasteiger partial charge in [0.2, 0.25) is 0 Å². The van der Waals surface area contributed by atoms with E-state index in [4.69, 9.17) is 32.7 Å². The van der Waals surface area contributed by atoms with Crippen LogP contribution in [0.2, 0.25) is 5.02 Å². The molecule has 7 nitrogen and oxygen atoms in total. The van der Waals surface area contributed by atoms with Crippen molar-refractivity contribution in [3.05, 3.63) is 63.3 Å². The first-order valence-corrected chi connectivity index (χ1v) is 9.71. The van der Waals surface area contributed by atoms with Crippen molar-refractivity contribution < 1.29 is 23.9 Å². The predicted molar refractivity (Wildman–Crippen MR) is 114 cm³/mol. The molecule has 0 fully saturated rings. The monoisotopic (exact) mass is 448 g/mol. The molecule has 0 aromatic heterocycles. The standard InChI is InChI=1S/C21H18Cl2N2O5/c1-4-30-21(28)12-7-5-6-8-15(12)25-19(26)17(23)18(20(25)27)24-14-9-11(2)13(22)10-16(14)29-3/h5-10,24H,4H2,1-3H3. The summed E-state index contributed by atoms with van der Waals surface area (Å²) < 4.78 is 10.3. The highest BCUT2D eigenvalue weighted by molar-refractivity contribution is 6.53. The summed E-state index contributed by atoms with van der Waals surface area (Å²) >= 11 is 12.3. The van der Waals surface area contributed by atoms with Gasteiger partial charge in [0.05, 0.1) is 30.7 Å². The Hall–Kier alpha value is -3.03.